The number of fused-ring (bicyclic) bond motifs is 1. The lowest BCUT2D eigenvalue weighted by Crippen LogP contribution is -2.35. The van der Waals surface area contributed by atoms with Gasteiger partial charge in [0.25, 0.3) is 5.56 Å². The minimum absolute atomic E-state index is 0.125. The summed E-state index contributed by atoms with van der Waals surface area (Å²) in [5.74, 6) is 7.50. The highest BCUT2D eigenvalue weighted by atomic mass is 16.3. The van der Waals surface area contributed by atoms with E-state index < -0.39 is 0 Å². The Morgan fingerprint density at radius 3 is 2.81 bits per heavy atom. The first-order valence-corrected chi connectivity index (χ1v) is 13.9. The molecule has 5 aromatic rings. The minimum Gasteiger partial charge on any atom is -0.507 e. The third-order valence-electron chi connectivity index (χ3n) is 7.77. The van der Waals surface area contributed by atoms with Crippen LogP contribution in [-0.2, 0) is 6.54 Å². The van der Waals surface area contributed by atoms with Crippen LogP contribution in [0.5, 0.6) is 5.75 Å². The molecule has 1 aliphatic heterocycles. The van der Waals surface area contributed by atoms with Crippen LogP contribution in [0, 0.1) is 25.7 Å². The Kier molecular flexibility index (Phi) is 7.27. The number of aromatic hydroxyl groups is 1. The van der Waals surface area contributed by atoms with Crippen molar-refractivity contribution >= 4 is 17.0 Å². The van der Waals surface area contributed by atoms with E-state index in [1.807, 2.05) is 38.1 Å². The van der Waals surface area contributed by atoms with Gasteiger partial charge in [-0.15, -0.1) is 0 Å². The van der Waals surface area contributed by atoms with Crippen molar-refractivity contribution in [3.8, 4) is 28.8 Å². The van der Waals surface area contributed by atoms with Gasteiger partial charge in [0.1, 0.15) is 17.1 Å². The fourth-order valence-corrected chi connectivity index (χ4v) is 5.25. The van der Waals surface area contributed by atoms with Crippen LogP contribution in [-0.4, -0.2) is 65.1 Å². The Hall–Kier alpha value is -5.24. The van der Waals surface area contributed by atoms with Crippen LogP contribution in [0.1, 0.15) is 30.4 Å². The lowest BCUT2D eigenvalue weighted by Gasteiger charge is -2.27. The van der Waals surface area contributed by atoms with Crippen LogP contribution < -0.4 is 15.4 Å². The van der Waals surface area contributed by atoms with Crippen LogP contribution in [0.2, 0.25) is 0 Å². The summed E-state index contributed by atoms with van der Waals surface area (Å²) >= 11 is 0. The van der Waals surface area contributed by atoms with Crippen molar-refractivity contribution in [1.29, 1.82) is 0 Å². The van der Waals surface area contributed by atoms with E-state index in [0.717, 1.165) is 48.8 Å². The Bertz CT molecular complexity index is 1890. The monoisotopic (exact) mass is 561 g/mol. The second-order valence-corrected chi connectivity index (χ2v) is 10.4. The Balaban J connectivity index is 1.17. The molecule has 1 unspecified atom stereocenters. The molecule has 1 fully saturated rings. The van der Waals surface area contributed by atoms with Gasteiger partial charge in [0.15, 0.2) is 0 Å². The molecule has 1 atom stereocenters. The highest BCUT2D eigenvalue weighted by Crippen LogP contribution is 2.29. The van der Waals surface area contributed by atoms with Gasteiger partial charge in [-0.1, -0.05) is 18.1 Å². The number of anilines is 2. The smallest absolute Gasteiger partial charge is 0.277 e. The number of phenolic OH excluding ortho intramolecular Hbond substituents is 1. The normalized spacial score (nSPS) is 15.4. The second-order valence-electron chi connectivity index (χ2n) is 10.4. The summed E-state index contributed by atoms with van der Waals surface area (Å²) in [7, 11) is 0. The zero-order valence-electron chi connectivity index (χ0n) is 23.8. The van der Waals surface area contributed by atoms with Crippen LogP contribution in [0.25, 0.3) is 16.8 Å². The van der Waals surface area contributed by atoms with Crippen LogP contribution in [0.4, 0.5) is 11.5 Å². The van der Waals surface area contributed by atoms with Gasteiger partial charge >= 0.3 is 0 Å². The van der Waals surface area contributed by atoms with E-state index >= 15 is 0 Å². The summed E-state index contributed by atoms with van der Waals surface area (Å²) in [6.07, 6.45) is 7.87. The molecule has 0 radical (unpaired) electrons. The molecule has 1 aromatic carbocycles. The average Bonchev–Trinajstić information content (AvgIpc) is 3.16. The third-order valence-corrected chi connectivity index (χ3v) is 7.77. The molecule has 0 bridgehead atoms. The maximum absolute atomic E-state index is 12.9. The molecule has 4 aromatic heterocycles. The molecule has 212 valence electrons. The van der Waals surface area contributed by atoms with E-state index in [4.69, 9.17) is 4.98 Å². The number of phenols is 1. The first-order chi connectivity index (χ1) is 20.4. The van der Waals surface area contributed by atoms with E-state index in [9.17, 15) is 9.90 Å². The molecular formula is C31H31N9O2. The van der Waals surface area contributed by atoms with Gasteiger partial charge in [-0.2, -0.15) is 15.3 Å². The van der Waals surface area contributed by atoms with Gasteiger partial charge in [-0.05, 0) is 57.4 Å². The molecule has 11 heteroatoms. The lowest BCUT2D eigenvalue weighted by atomic mass is 10.1. The molecule has 0 saturated carbocycles. The van der Waals surface area contributed by atoms with Crippen molar-refractivity contribution in [3.05, 3.63) is 88.6 Å². The second kappa shape index (κ2) is 11.3. The molecule has 5 heterocycles. The van der Waals surface area contributed by atoms with E-state index in [-0.39, 0.29) is 23.9 Å². The fourth-order valence-electron chi connectivity index (χ4n) is 5.25. The van der Waals surface area contributed by atoms with Crippen molar-refractivity contribution in [2.45, 2.75) is 39.8 Å². The van der Waals surface area contributed by atoms with Crippen LogP contribution in [0.3, 0.4) is 0 Å². The molecular weight excluding hydrogens is 530 g/mol. The van der Waals surface area contributed by atoms with Gasteiger partial charge < -0.3 is 19.5 Å². The topological polar surface area (TPSA) is 118 Å². The third kappa shape index (κ3) is 5.26. The Morgan fingerprint density at radius 2 is 1.95 bits per heavy atom. The molecule has 1 saturated heterocycles. The van der Waals surface area contributed by atoms with Gasteiger partial charge in [0.2, 0.25) is 5.82 Å². The maximum atomic E-state index is 12.9. The lowest BCUT2D eigenvalue weighted by molar-refractivity contribution is 0.477. The molecule has 1 aliphatic rings. The number of benzene rings is 1. The fraction of sp³-hybridized carbons (Fsp3) is 0.290. The predicted octanol–water partition coefficient (Wildman–Crippen LogP) is 3.22. The zero-order valence-corrected chi connectivity index (χ0v) is 23.8. The highest BCUT2D eigenvalue weighted by Gasteiger charge is 2.23. The molecule has 11 nitrogen and oxygen atoms in total. The molecule has 1 N–H and O–H groups in total. The molecule has 6 rings (SSSR count). The average molecular weight is 562 g/mol. The van der Waals surface area contributed by atoms with E-state index in [1.165, 1.54) is 0 Å². The first kappa shape index (κ1) is 27.0. The molecule has 0 spiro atoms. The van der Waals surface area contributed by atoms with Gasteiger partial charge in [-0.3, -0.25) is 4.79 Å². The Morgan fingerprint density at radius 1 is 1.10 bits per heavy atom. The largest absolute Gasteiger partial charge is 0.507 e. The number of rotatable bonds is 4. The number of nitrogens with zero attached hydrogens (tertiary/aromatic N) is 9. The standard InChI is InChI=1S/C31H31N9O2/c1-21-11-14-37(24-19-26(35-33-20-24)25-7-4-5-8-27(25)41)15-17-39(21)29-10-12-32-28(34-29)9-6-13-38-16-18-40-30(31(38)42)22(2)23(3)36-40/h4-5,7-8,10,12,16,18-21,41H,11,13-15,17H2,1-3H3. The summed E-state index contributed by atoms with van der Waals surface area (Å²) in [5.41, 5.74) is 4.40. The van der Waals surface area contributed by atoms with Crippen molar-refractivity contribution < 1.29 is 5.11 Å². The Labute approximate surface area is 243 Å². The summed E-state index contributed by atoms with van der Waals surface area (Å²) < 4.78 is 3.19. The number of hydrogen-bond acceptors (Lipinski definition) is 9. The number of aryl methyl sites for hydroxylation is 2. The quantitative estimate of drug-likeness (QED) is 0.330. The summed E-state index contributed by atoms with van der Waals surface area (Å²) in [5, 5.41) is 23.1. The van der Waals surface area contributed by atoms with Crippen molar-refractivity contribution in [3.63, 3.8) is 0 Å². The van der Waals surface area contributed by atoms with Gasteiger partial charge in [0.05, 0.1) is 29.8 Å². The number of hydrogen-bond donors (Lipinski definition) is 1. The number of para-hydroxylation sites is 1. The predicted molar refractivity (Wildman–Crippen MR) is 161 cm³/mol. The van der Waals surface area contributed by atoms with Gasteiger partial charge in [-0.25, -0.2) is 14.5 Å². The van der Waals surface area contributed by atoms with Crippen molar-refractivity contribution in [1.82, 2.24) is 34.3 Å². The SMILES string of the molecule is Cc1nn2ccn(CC#Cc3nccc(N4CCN(c5cnnc(-c6ccccc6O)c5)CCC4C)n3)c(=O)c2c1C. The summed E-state index contributed by atoms with van der Waals surface area (Å²) in [4.78, 5) is 26.6. The van der Waals surface area contributed by atoms with E-state index in [1.54, 1.807) is 46.0 Å². The minimum atomic E-state index is -0.125. The maximum Gasteiger partial charge on any atom is 0.277 e. The summed E-state index contributed by atoms with van der Waals surface area (Å²) in [6.45, 7) is 8.57. The molecule has 42 heavy (non-hydrogen) atoms. The first-order valence-electron chi connectivity index (χ1n) is 13.9. The molecule has 0 amide bonds. The molecule has 0 aliphatic carbocycles. The van der Waals surface area contributed by atoms with Crippen molar-refractivity contribution in [2.24, 2.45) is 0 Å². The van der Waals surface area contributed by atoms with Crippen LogP contribution >= 0.6 is 0 Å². The zero-order chi connectivity index (χ0) is 29.2. The van der Waals surface area contributed by atoms with E-state index in [2.05, 4.69) is 48.8 Å². The van der Waals surface area contributed by atoms with Gasteiger partial charge in [0, 0.05) is 55.4 Å². The number of aromatic nitrogens is 7. The van der Waals surface area contributed by atoms with Crippen molar-refractivity contribution in [2.75, 3.05) is 29.4 Å². The van der Waals surface area contributed by atoms with Crippen LogP contribution in [0.15, 0.2) is 66.0 Å². The van der Waals surface area contributed by atoms with E-state index in [0.29, 0.717) is 22.6 Å². The summed E-state index contributed by atoms with van der Waals surface area (Å²) in [6, 6.07) is 11.3. The highest BCUT2D eigenvalue weighted by molar-refractivity contribution is 5.69.